The van der Waals surface area contributed by atoms with Crippen molar-refractivity contribution >= 4 is 0 Å². The quantitative estimate of drug-likeness (QED) is 0.630. The lowest BCUT2D eigenvalue weighted by Crippen LogP contribution is -2.61. The number of hydrogen-bond acceptors (Lipinski definition) is 2. The summed E-state index contributed by atoms with van der Waals surface area (Å²) >= 11 is 0. The fraction of sp³-hybridized carbons (Fsp3) is 0.800. The average molecular weight is 167 g/mol. The molecule has 1 aliphatic heterocycles. The molecule has 1 aliphatic rings. The fourth-order valence-corrected chi connectivity index (χ4v) is 1.51. The molecule has 1 heterocycles. The van der Waals surface area contributed by atoms with Crippen molar-refractivity contribution in [2.75, 3.05) is 19.6 Å². The van der Waals surface area contributed by atoms with Crippen LogP contribution < -0.4 is 0 Å². The first kappa shape index (κ1) is 9.57. The second kappa shape index (κ2) is 3.93. The first-order valence-corrected chi connectivity index (χ1v) is 4.54. The highest BCUT2D eigenvalue weighted by Crippen LogP contribution is 2.23. The summed E-state index contributed by atoms with van der Waals surface area (Å²) < 4.78 is 0. The Bertz CT molecular complexity index is 196. The van der Waals surface area contributed by atoms with Crippen molar-refractivity contribution in [2.45, 2.75) is 32.3 Å². The van der Waals surface area contributed by atoms with Crippen LogP contribution in [0.3, 0.4) is 0 Å². The monoisotopic (exact) mass is 167 g/mol. The molecule has 12 heavy (non-hydrogen) atoms. The molecule has 1 rings (SSSR count). The van der Waals surface area contributed by atoms with E-state index in [1.54, 1.807) is 0 Å². The van der Waals surface area contributed by atoms with Gasteiger partial charge in [0.25, 0.3) is 0 Å². The van der Waals surface area contributed by atoms with Gasteiger partial charge in [0.05, 0.1) is 5.60 Å². The summed E-state index contributed by atoms with van der Waals surface area (Å²) in [4.78, 5) is 2.24. The first-order valence-electron chi connectivity index (χ1n) is 4.54. The first-order chi connectivity index (χ1) is 5.70. The van der Waals surface area contributed by atoms with E-state index in [-0.39, 0.29) is 5.60 Å². The molecule has 0 aromatic rings. The van der Waals surface area contributed by atoms with E-state index in [1.807, 2.05) is 13.8 Å². The van der Waals surface area contributed by atoms with Crippen molar-refractivity contribution < 1.29 is 5.11 Å². The minimum Gasteiger partial charge on any atom is -0.387 e. The molecule has 0 unspecified atom stereocenters. The van der Waals surface area contributed by atoms with Crippen LogP contribution in [0.2, 0.25) is 0 Å². The molecule has 1 fully saturated rings. The lowest BCUT2D eigenvalue weighted by Gasteiger charge is -2.46. The van der Waals surface area contributed by atoms with Crippen molar-refractivity contribution in [2.24, 2.45) is 0 Å². The third-order valence-corrected chi connectivity index (χ3v) is 2.42. The van der Waals surface area contributed by atoms with Gasteiger partial charge in [-0.1, -0.05) is 6.92 Å². The standard InChI is InChI=1S/C10H17NO/c1-3-5-6-7-11-8-10(12,4-2)9-11/h12H,4,6-9H2,1-2H3. The van der Waals surface area contributed by atoms with Crippen LogP contribution in [0.4, 0.5) is 0 Å². The number of nitrogens with zero attached hydrogens (tertiary/aromatic N) is 1. The molecule has 0 aromatic heterocycles. The fourth-order valence-electron chi connectivity index (χ4n) is 1.51. The molecule has 0 saturated carbocycles. The highest BCUT2D eigenvalue weighted by molar-refractivity contribution is 4.99. The van der Waals surface area contributed by atoms with Gasteiger partial charge in [0.2, 0.25) is 0 Å². The smallest absolute Gasteiger partial charge is 0.0897 e. The maximum atomic E-state index is 9.67. The molecule has 68 valence electrons. The van der Waals surface area contributed by atoms with E-state index in [0.717, 1.165) is 32.5 Å². The Morgan fingerprint density at radius 3 is 2.67 bits per heavy atom. The van der Waals surface area contributed by atoms with Gasteiger partial charge in [0, 0.05) is 26.1 Å². The van der Waals surface area contributed by atoms with Crippen molar-refractivity contribution in [3.05, 3.63) is 0 Å². The third kappa shape index (κ3) is 2.23. The number of rotatable bonds is 3. The zero-order valence-electron chi connectivity index (χ0n) is 7.93. The van der Waals surface area contributed by atoms with Crippen LogP contribution in [0.15, 0.2) is 0 Å². The molecule has 0 aliphatic carbocycles. The average Bonchev–Trinajstić information content (AvgIpc) is 2.01. The summed E-state index contributed by atoms with van der Waals surface area (Å²) in [5, 5.41) is 9.67. The molecule has 0 amide bonds. The molecule has 1 saturated heterocycles. The van der Waals surface area contributed by atoms with E-state index in [0.29, 0.717) is 0 Å². The van der Waals surface area contributed by atoms with Gasteiger partial charge in [-0.25, -0.2) is 0 Å². The Labute approximate surface area is 74.6 Å². The number of hydrogen-bond donors (Lipinski definition) is 1. The van der Waals surface area contributed by atoms with Crippen molar-refractivity contribution in [3.63, 3.8) is 0 Å². The number of likely N-dealkylation sites (tertiary alicyclic amines) is 1. The van der Waals surface area contributed by atoms with Gasteiger partial charge >= 0.3 is 0 Å². The van der Waals surface area contributed by atoms with Crippen LogP contribution in [-0.2, 0) is 0 Å². The molecular formula is C10H17NO. The van der Waals surface area contributed by atoms with Gasteiger partial charge in [-0.3, -0.25) is 4.90 Å². The number of aliphatic hydroxyl groups is 1. The Balaban J connectivity index is 2.12. The van der Waals surface area contributed by atoms with Gasteiger partial charge in [0.1, 0.15) is 0 Å². The Kier molecular flexibility index (Phi) is 3.13. The van der Waals surface area contributed by atoms with Gasteiger partial charge < -0.3 is 5.11 Å². The molecule has 2 heteroatoms. The van der Waals surface area contributed by atoms with Gasteiger partial charge in [0.15, 0.2) is 0 Å². The maximum Gasteiger partial charge on any atom is 0.0897 e. The van der Waals surface area contributed by atoms with Crippen LogP contribution in [-0.4, -0.2) is 35.2 Å². The number of β-amino-alcohol motifs (C(OH)–C–C–N with tert-alkyl or cyclic N) is 1. The van der Waals surface area contributed by atoms with Crippen molar-refractivity contribution in [1.29, 1.82) is 0 Å². The summed E-state index contributed by atoms with van der Waals surface area (Å²) in [6.45, 7) is 6.55. The third-order valence-electron chi connectivity index (χ3n) is 2.42. The summed E-state index contributed by atoms with van der Waals surface area (Å²) in [7, 11) is 0. The Hall–Kier alpha value is -0.520. The van der Waals surface area contributed by atoms with Gasteiger partial charge in [-0.2, -0.15) is 0 Å². The molecule has 0 atom stereocenters. The van der Waals surface area contributed by atoms with Crippen molar-refractivity contribution in [3.8, 4) is 11.8 Å². The molecular weight excluding hydrogens is 150 g/mol. The lowest BCUT2D eigenvalue weighted by atomic mass is 9.91. The van der Waals surface area contributed by atoms with Crippen LogP contribution >= 0.6 is 0 Å². The largest absolute Gasteiger partial charge is 0.387 e. The van der Waals surface area contributed by atoms with Crippen LogP contribution in [0, 0.1) is 11.8 Å². The van der Waals surface area contributed by atoms with E-state index in [1.165, 1.54) is 0 Å². The van der Waals surface area contributed by atoms with E-state index in [4.69, 9.17) is 0 Å². The summed E-state index contributed by atoms with van der Waals surface area (Å²) in [6.07, 6.45) is 1.79. The van der Waals surface area contributed by atoms with Crippen molar-refractivity contribution in [1.82, 2.24) is 4.90 Å². The van der Waals surface area contributed by atoms with E-state index in [2.05, 4.69) is 16.7 Å². The molecule has 0 aromatic carbocycles. The summed E-state index contributed by atoms with van der Waals surface area (Å²) in [6, 6.07) is 0. The Morgan fingerprint density at radius 2 is 2.17 bits per heavy atom. The molecule has 1 N–H and O–H groups in total. The summed E-state index contributed by atoms with van der Waals surface area (Å²) in [5.41, 5.74) is -0.389. The molecule has 0 bridgehead atoms. The minimum atomic E-state index is -0.389. The predicted molar refractivity (Wildman–Crippen MR) is 49.7 cm³/mol. The van der Waals surface area contributed by atoms with E-state index in [9.17, 15) is 5.11 Å². The normalized spacial score (nSPS) is 20.9. The highest BCUT2D eigenvalue weighted by atomic mass is 16.3. The van der Waals surface area contributed by atoms with E-state index < -0.39 is 0 Å². The highest BCUT2D eigenvalue weighted by Gasteiger charge is 2.38. The second-order valence-electron chi connectivity index (χ2n) is 3.47. The lowest BCUT2D eigenvalue weighted by molar-refractivity contribution is -0.0982. The van der Waals surface area contributed by atoms with Gasteiger partial charge in [-0.15, -0.1) is 11.8 Å². The Morgan fingerprint density at radius 1 is 1.50 bits per heavy atom. The zero-order valence-corrected chi connectivity index (χ0v) is 7.93. The topological polar surface area (TPSA) is 23.5 Å². The predicted octanol–water partition coefficient (Wildman–Crippen LogP) is 0.857. The second-order valence-corrected chi connectivity index (χ2v) is 3.47. The SMILES string of the molecule is CC#CCCN1CC(O)(CC)C1. The van der Waals surface area contributed by atoms with E-state index >= 15 is 0 Å². The molecule has 0 radical (unpaired) electrons. The van der Waals surface area contributed by atoms with Crippen LogP contribution in [0.1, 0.15) is 26.7 Å². The maximum absolute atomic E-state index is 9.67. The van der Waals surface area contributed by atoms with Crippen LogP contribution in [0.5, 0.6) is 0 Å². The van der Waals surface area contributed by atoms with Crippen LogP contribution in [0.25, 0.3) is 0 Å². The summed E-state index contributed by atoms with van der Waals surface area (Å²) in [5.74, 6) is 5.89. The molecule has 0 spiro atoms. The minimum absolute atomic E-state index is 0.389. The zero-order chi connectivity index (χ0) is 9.03. The molecule has 2 nitrogen and oxygen atoms in total. The van der Waals surface area contributed by atoms with Gasteiger partial charge in [-0.05, 0) is 13.3 Å².